The molecule has 4 rings (SSSR count). The molecule has 0 radical (unpaired) electrons. The molecule has 0 saturated carbocycles. The van der Waals surface area contributed by atoms with E-state index in [2.05, 4.69) is 23.6 Å². The number of nitrogens with zero attached hydrogens (tertiary/aromatic N) is 1. The van der Waals surface area contributed by atoms with Crippen LogP contribution in [0.4, 0.5) is 0 Å². The Labute approximate surface area is 192 Å². The molecular formula is C26H28N2O3S. The van der Waals surface area contributed by atoms with Crippen molar-refractivity contribution < 1.29 is 14.3 Å². The third-order valence-electron chi connectivity index (χ3n) is 6.27. The number of carbonyl (C=O) groups excluding carboxylic acids is 2. The molecule has 1 aromatic heterocycles. The van der Waals surface area contributed by atoms with Crippen LogP contribution in [0.15, 0.2) is 66.0 Å². The van der Waals surface area contributed by atoms with Crippen LogP contribution in [-0.2, 0) is 22.4 Å². The van der Waals surface area contributed by atoms with Crippen molar-refractivity contribution in [1.82, 2.24) is 4.90 Å². The van der Waals surface area contributed by atoms with Gasteiger partial charge in [-0.25, -0.2) is 0 Å². The monoisotopic (exact) mass is 448 g/mol. The van der Waals surface area contributed by atoms with Crippen molar-refractivity contribution in [3.8, 4) is 16.2 Å². The minimum Gasteiger partial charge on any atom is -0.497 e. The van der Waals surface area contributed by atoms with Crippen molar-refractivity contribution in [3.05, 3.63) is 77.2 Å². The Kier molecular flexibility index (Phi) is 6.61. The molecule has 2 aromatic carbocycles. The summed E-state index contributed by atoms with van der Waals surface area (Å²) in [6.07, 6.45) is 2.25. The molecule has 2 N–H and O–H groups in total. The molecule has 0 spiro atoms. The molecule has 2 amide bonds. The minimum absolute atomic E-state index is 0.00937. The molecule has 1 aliphatic rings. The van der Waals surface area contributed by atoms with Crippen molar-refractivity contribution in [3.63, 3.8) is 0 Å². The molecule has 32 heavy (non-hydrogen) atoms. The molecule has 6 heteroatoms. The molecule has 0 aliphatic carbocycles. The number of carbonyl (C=O) groups is 2. The summed E-state index contributed by atoms with van der Waals surface area (Å²) in [7, 11) is 1.61. The number of ether oxygens (including phenoxy) is 1. The van der Waals surface area contributed by atoms with E-state index in [-0.39, 0.29) is 18.2 Å². The maximum absolute atomic E-state index is 13.1. The summed E-state index contributed by atoms with van der Waals surface area (Å²) in [6, 6.07) is 19.8. The highest BCUT2D eigenvalue weighted by atomic mass is 32.1. The van der Waals surface area contributed by atoms with Crippen molar-refractivity contribution >= 4 is 23.2 Å². The lowest BCUT2D eigenvalue weighted by Gasteiger charge is -2.41. The lowest BCUT2D eigenvalue weighted by molar-refractivity contribution is -0.139. The van der Waals surface area contributed by atoms with Gasteiger partial charge < -0.3 is 15.4 Å². The molecule has 2 heterocycles. The summed E-state index contributed by atoms with van der Waals surface area (Å²) in [4.78, 5) is 28.9. The number of nitrogens with two attached hydrogens (primary N) is 1. The van der Waals surface area contributed by atoms with E-state index < -0.39 is 5.41 Å². The van der Waals surface area contributed by atoms with Gasteiger partial charge in [0.2, 0.25) is 11.8 Å². The molecule has 166 valence electrons. The van der Waals surface area contributed by atoms with Gasteiger partial charge in [0.05, 0.1) is 18.9 Å². The average molecular weight is 449 g/mol. The van der Waals surface area contributed by atoms with E-state index >= 15 is 0 Å². The fraction of sp³-hybridized carbons (Fsp3) is 0.308. The first kappa shape index (κ1) is 22.1. The van der Waals surface area contributed by atoms with Gasteiger partial charge in [0.25, 0.3) is 0 Å². The number of benzene rings is 2. The molecule has 3 aromatic rings. The maximum atomic E-state index is 13.1. The zero-order valence-corrected chi connectivity index (χ0v) is 19.1. The second-order valence-electron chi connectivity index (χ2n) is 8.40. The van der Waals surface area contributed by atoms with Gasteiger partial charge in [-0.1, -0.05) is 42.5 Å². The molecule has 1 fully saturated rings. The smallest absolute Gasteiger partial charge is 0.227 e. The second kappa shape index (κ2) is 9.57. The van der Waals surface area contributed by atoms with E-state index in [0.717, 1.165) is 28.9 Å². The molecule has 0 unspecified atom stereocenters. The average Bonchev–Trinajstić information content (AvgIpc) is 3.34. The molecule has 1 saturated heterocycles. The van der Waals surface area contributed by atoms with Gasteiger partial charge in [0, 0.05) is 18.0 Å². The quantitative estimate of drug-likeness (QED) is 0.586. The normalized spacial score (nSPS) is 18.3. The number of primary amides is 1. The van der Waals surface area contributed by atoms with E-state index in [0.29, 0.717) is 25.9 Å². The minimum atomic E-state index is -0.768. The predicted octanol–water partition coefficient (Wildman–Crippen LogP) is 4.30. The number of hydrogen-bond acceptors (Lipinski definition) is 4. The summed E-state index contributed by atoms with van der Waals surface area (Å²) in [5, 5.41) is 2.05. The Morgan fingerprint density at radius 1 is 1.12 bits per heavy atom. The SMILES string of the molecule is COc1cccc(CC(=O)N2CCC[C@](Cc3ccccc3-c3cccs3)(C(N)=O)C2)c1. The Morgan fingerprint density at radius 2 is 1.97 bits per heavy atom. The predicted molar refractivity (Wildman–Crippen MR) is 128 cm³/mol. The van der Waals surface area contributed by atoms with Gasteiger partial charge in [-0.3, -0.25) is 9.59 Å². The number of piperidine rings is 1. The summed E-state index contributed by atoms with van der Waals surface area (Å²) in [5.41, 5.74) is 8.33. The lowest BCUT2D eigenvalue weighted by atomic mass is 9.73. The maximum Gasteiger partial charge on any atom is 0.227 e. The van der Waals surface area contributed by atoms with E-state index in [4.69, 9.17) is 10.5 Å². The van der Waals surface area contributed by atoms with Crippen molar-refractivity contribution in [2.75, 3.05) is 20.2 Å². The van der Waals surface area contributed by atoms with Crippen LogP contribution in [0, 0.1) is 5.41 Å². The molecule has 0 bridgehead atoms. The van der Waals surface area contributed by atoms with E-state index in [1.165, 1.54) is 4.88 Å². The standard InChI is InChI=1S/C26H28N2O3S/c1-31-21-9-4-7-19(15-21)16-24(29)28-13-6-12-26(18-28,25(27)30)17-20-8-2-3-10-22(20)23-11-5-14-32-23/h2-5,7-11,14-15H,6,12-13,16-18H2,1H3,(H2,27,30)/t26-/m1/s1. The first-order chi connectivity index (χ1) is 15.5. The number of hydrogen-bond donors (Lipinski definition) is 1. The first-order valence-electron chi connectivity index (χ1n) is 10.8. The Bertz CT molecular complexity index is 1100. The van der Waals surface area contributed by atoms with Crippen molar-refractivity contribution in [2.45, 2.75) is 25.7 Å². The van der Waals surface area contributed by atoms with Crippen molar-refractivity contribution in [1.29, 1.82) is 0 Å². The van der Waals surface area contributed by atoms with Gasteiger partial charge in [-0.15, -0.1) is 11.3 Å². The number of amides is 2. The van der Waals surface area contributed by atoms with Crippen LogP contribution in [0.1, 0.15) is 24.0 Å². The Hall–Kier alpha value is -3.12. The van der Waals surface area contributed by atoms with Crippen LogP contribution in [-0.4, -0.2) is 36.9 Å². The molecule has 5 nitrogen and oxygen atoms in total. The summed E-state index contributed by atoms with van der Waals surface area (Å²) in [6.45, 7) is 0.994. The fourth-order valence-electron chi connectivity index (χ4n) is 4.56. The third kappa shape index (κ3) is 4.70. The van der Waals surface area contributed by atoms with E-state index in [1.54, 1.807) is 18.4 Å². The summed E-state index contributed by atoms with van der Waals surface area (Å²) < 4.78 is 5.27. The first-order valence-corrected chi connectivity index (χ1v) is 11.7. The van der Waals surface area contributed by atoms with E-state index in [1.807, 2.05) is 47.4 Å². The molecule has 1 atom stereocenters. The zero-order valence-electron chi connectivity index (χ0n) is 18.3. The summed E-state index contributed by atoms with van der Waals surface area (Å²) in [5.74, 6) is 0.401. The number of thiophene rings is 1. The lowest BCUT2D eigenvalue weighted by Crippen LogP contribution is -2.53. The van der Waals surface area contributed by atoms with Gasteiger partial charge in [0.15, 0.2) is 0 Å². The van der Waals surface area contributed by atoms with Gasteiger partial charge in [0.1, 0.15) is 5.75 Å². The highest BCUT2D eigenvalue weighted by molar-refractivity contribution is 7.13. The Morgan fingerprint density at radius 3 is 2.72 bits per heavy atom. The summed E-state index contributed by atoms with van der Waals surface area (Å²) >= 11 is 1.68. The van der Waals surface area contributed by atoms with Crippen LogP contribution in [0.25, 0.3) is 10.4 Å². The largest absolute Gasteiger partial charge is 0.497 e. The van der Waals surface area contributed by atoms with Gasteiger partial charge >= 0.3 is 0 Å². The third-order valence-corrected chi connectivity index (χ3v) is 7.18. The van der Waals surface area contributed by atoms with Crippen LogP contribution in [0.3, 0.4) is 0 Å². The number of likely N-dealkylation sites (tertiary alicyclic amines) is 1. The molecular weight excluding hydrogens is 420 g/mol. The second-order valence-corrected chi connectivity index (χ2v) is 9.35. The Balaban J connectivity index is 1.56. The van der Waals surface area contributed by atoms with Crippen molar-refractivity contribution in [2.24, 2.45) is 11.1 Å². The van der Waals surface area contributed by atoms with Crippen LogP contribution >= 0.6 is 11.3 Å². The fourth-order valence-corrected chi connectivity index (χ4v) is 5.34. The number of methoxy groups -OCH3 is 1. The molecule has 1 aliphatic heterocycles. The number of rotatable bonds is 7. The van der Waals surface area contributed by atoms with Gasteiger partial charge in [-0.05, 0) is 59.5 Å². The van der Waals surface area contributed by atoms with Crippen LogP contribution < -0.4 is 10.5 Å². The van der Waals surface area contributed by atoms with E-state index in [9.17, 15) is 9.59 Å². The highest BCUT2D eigenvalue weighted by Crippen LogP contribution is 2.38. The topological polar surface area (TPSA) is 72.6 Å². The van der Waals surface area contributed by atoms with Crippen LogP contribution in [0.5, 0.6) is 5.75 Å². The van der Waals surface area contributed by atoms with Crippen LogP contribution in [0.2, 0.25) is 0 Å². The van der Waals surface area contributed by atoms with Gasteiger partial charge in [-0.2, -0.15) is 0 Å². The highest BCUT2D eigenvalue weighted by Gasteiger charge is 2.42. The zero-order chi connectivity index (χ0) is 22.6.